The van der Waals surface area contributed by atoms with Gasteiger partial charge in [0.1, 0.15) is 0 Å². The molecule has 1 aliphatic rings. The zero-order valence-electron chi connectivity index (χ0n) is 11.3. The van der Waals surface area contributed by atoms with Crippen molar-refractivity contribution in [3.05, 3.63) is 30.0 Å². The lowest BCUT2D eigenvalue weighted by molar-refractivity contribution is 0.108. The summed E-state index contributed by atoms with van der Waals surface area (Å²) in [7, 11) is 1.96. The highest BCUT2D eigenvalue weighted by Gasteiger charge is 2.44. The zero-order valence-corrected chi connectivity index (χ0v) is 11.3. The molecular formula is C15H21N3O. The number of aryl methyl sites for hydroxylation is 1. The summed E-state index contributed by atoms with van der Waals surface area (Å²) >= 11 is 0. The first-order valence-corrected chi connectivity index (χ1v) is 6.92. The van der Waals surface area contributed by atoms with E-state index in [1.165, 1.54) is 18.2 Å². The molecule has 1 atom stereocenters. The summed E-state index contributed by atoms with van der Waals surface area (Å²) in [5, 5.41) is 15.6. The van der Waals surface area contributed by atoms with Gasteiger partial charge in [0.2, 0.25) is 0 Å². The number of aromatic nitrogens is 2. The van der Waals surface area contributed by atoms with E-state index in [9.17, 15) is 5.11 Å². The van der Waals surface area contributed by atoms with Gasteiger partial charge >= 0.3 is 0 Å². The van der Waals surface area contributed by atoms with Crippen LogP contribution in [0.2, 0.25) is 0 Å². The SMILES string of the molecule is Cn1nc(CC(CN)(CO)C2CC2)c2ccccc21. The molecule has 0 spiro atoms. The molecule has 1 saturated carbocycles. The van der Waals surface area contributed by atoms with Crippen molar-refractivity contribution < 1.29 is 5.11 Å². The van der Waals surface area contributed by atoms with E-state index in [0.29, 0.717) is 12.5 Å². The summed E-state index contributed by atoms with van der Waals surface area (Å²) in [5.41, 5.74) is 7.98. The first kappa shape index (κ1) is 12.6. The van der Waals surface area contributed by atoms with Gasteiger partial charge in [0.15, 0.2) is 0 Å². The van der Waals surface area contributed by atoms with E-state index < -0.39 is 0 Å². The summed E-state index contributed by atoms with van der Waals surface area (Å²) in [4.78, 5) is 0. The Hall–Kier alpha value is -1.39. The van der Waals surface area contributed by atoms with Crippen LogP contribution in [0.15, 0.2) is 24.3 Å². The summed E-state index contributed by atoms with van der Waals surface area (Å²) in [6.07, 6.45) is 3.14. The number of aliphatic hydroxyl groups excluding tert-OH is 1. The maximum Gasteiger partial charge on any atom is 0.0710 e. The van der Waals surface area contributed by atoms with Crippen molar-refractivity contribution in [3.8, 4) is 0 Å². The van der Waals surface area contributed by atoms with E-state index in [0.717, 1.165) is 17.6 Å². The summed E-state index contributed by atoms with van der Waals surface area (Å²) in [6, 6.07) is 8.24. The fraction of sp³-hybridized carbons (Fsp3) is 0.533. The first-order valence-electron chi connectivity index (χ1n) is 6.92. The molecule has 0 radical (unpaired) electrons. The second-order valence-corrected chi connectivity index (χ2v) is 5.76. The number of rotatable bonds is 5. The summed E-state index contributed by atoms with van der Waals surface area (Å²) in [5.74, 6) is 0.559. The van der Waals surface area contributed by atoms with E-state index in [4.69, 9.17) is 5.73 Å². The third-order valence-corrected chi connectivity index (χ3v) is 4.52. The second-order valence-electron chi connectivity index (χ2n) is 5.76. The Morgan fingerprint density at radius 2 is 2.16 bits per heavy atom. The summed E-state index contributed by atoms with van der Waals surface area (Å²) < 4.78 is 1.91. The standard InChI is InChI=1S/C15H21N3O/c1-18-14-5-3-2-4-12(14)13(17-18)8-15(9-16,10-19)11-6-7-11/h2-5,11,19H,6-10,16H2,1H3. The number of aliphatic hydroxyl groups is 1. The van der Waals surface area contributed by atoms with Gasteiger partial charge in [-0.25, -0.2) is 0 Å². The molecule has 0 amide bonds. The average molecular weight is 259 g/mol. The zero-order chi connectivity index (χ0) is 13.5. The number of nitrogens with two attached hydrogens (primary N) is 1. The lowest BCUT2D eigenvalue weighted by Gasteiger charge is -2.29. The topological polar surface area (TPSA) is 64.1 Å². The molecule has 1 fully saturated rings. The van der Waals surface area contributed by atoms with Crippen molar-refractivity contribution in [1.29, 1.82) is 0 Å². The van der Waals surface area contributed by atoms with Crippen LogP contribution in [0.1, 0.15) is 18.5 Å². The molecule has 4 heteroatoms. The molecule has 3 N–H and O–H groups in total. The normalized spacial score (nSPS) is 18.7. The minimum absolute atomic E-state index is 0.152. The van der Waals surface area contributed by atoms with Gasteiger partial charge in [-0.3, -0.25) is 4.68 Å². The van der Waals surface area contributed by atoms with Gasteiger partial charge in [-0.2, -0.15) is 5.10 Å². The Kier molecular flexibility index (Phi) is 3.07. The van der Waals surface area contributed by atoms with Crippen molar-refractivity contribution in [2.45, 2.75) is 19.3 Å². The number of benzene rings is 1. The quantitative estimate of drug-likeness (QED) is 0.854. The van der Waals surface area contributed by atoms with Gasteiger partial charge in [0, 0.05) is 30.8 Å². The van der Waals surface area contributed by atoms with Crippen molar-refractivity contribution >= 4 is 10.9 Å². The van der Waals surface area contributed by atoms with Crippen LogP contribution in [0.25, 0.3) is 10.9 Å². The largest absolute Gasteiger partial charge is 0.396 e. The van der Waals surface area contributed by atoms with Crippen LogP contribution in [0.3, 0.4) is 0 Å². The van der Waals surface area contributed by atoms with E-state index in [1.54, 1.807) is 0 Å². The predicted octanol–water partition coefficient (Wildman–Crippen LogP) is 1.46. The number of fused-ring (bicyclic) bond motifs is 1. The van der Waals surface area contributed by atoms with Crippen LogP contribution in [0.4, 0.5) is 0 Å². The van der Waals surface area contributed by atoms with Crippen molar-refractivity contribution in [1.82, 2.24) is 9.78 Å². The number of hydrogen-bond donors (Lipinski definition) is 2. The molecular weight excluding hydrogens is 238 g/mol. The lowest BCUT2D eigenvalue weighted by atomic mass is 9.78. The van der Waals surface area contributed by atoms with Crippen molar-refractivity contribution in [2.24, 2.45) is 24.1 Å². The van der Waals surface area contributed by atoms with Gasteiger partial charge in [0.05, 0.1) is 17.8 Å². The van der Waals surface area contributed by atoms with Crippen LogP contribution in [-0.2, 0) is 13.5 Å². The molecule has 19 heavy (non-hydrogen) atoms. The molecule has 2 aromatic rings. The van der Waals surface area contributed by atoms with Crippen molar-refractivity contribution in [3.63, 3.8) is 0 Å². The van der Waals surface area contributed by atoms with Crippen LogP contribution in [0, 0.1) is 11.3 Å². The molecule has 0 bridgehead atoms. The molecule has 1 unspecified atom stereocenters. The number of nitrogens with zero attached hydrogens (tertiary/aromatic N) is 2. The molecule has 4 nitrogen and oxygen atoms in total. The molecule has 1 aromatic heterocycles. The highest BCUT2D eigenvalue weighted by molar-refractivity contribution is 5.81. The maximum absolute atomic E-state index is 9.81. The molecule has 1 aromatic carbocycles. The molecule has 102 valence electrons. The van der Waals surface area contributed by atoms with Gasteiger partial charge < -0.3 is 10.8 Å². The monoisotopic (exact) mass is 259 g/mol. The van der Waals surface area contributed by atoms with Gasteiger partial charge in [-0.15, -0.1) is 0 Å². The smallest absolute Gasteiger partial charge is 0.0710 e. The van der Waals surface area contributed by atoms with E-state index >= 15 is 0 Å². The number of para-hydroxylation sites is 1. The third-order valence-electron chi connectivity index (χ3n) is 4.52. The van der Waals surface area contributed by atoms with Crippen LogP contribution < -0.4 is 5.73 Å². The average Bonchev–Trinajstić information content (AvgIpc) is 3.24. The van der Waals surface area contributed by atoms with Crippen LogP contribution in [0.5, 0.6) is 0 Å². The van der Waals surface area contributed by atoms with Gasteiger partial charge in [-0.05, 0) is 24.8 Å². The van der Waals surface area contributed by atoms with E-state index in [1.807, 2.05) is 23.9 Å². The first-order chi connectivity index (χ1) is 9.20. The van der Waals surface area contributed by atoms with E-state index in [-0.39, 0.29) is 12.0 Å². The minimum atomic E-state index is -0.183. The Morgan fingerprint density at radius 1 is 1.42 bits per heavy atom. The maximum atomic E-state index is 9.81. The second kappa shape index (κ2) is 4.62. The van der Waals surface area contributed by atoms with Gasteiger partial charge in [0.25, 0.3) is 0 Å². The fourth-order valence-corrected chi connectivity index (χ4v) is 3.08. The Balaban J connectivity index is 2.00. The molecule has 1 aliphatic carbocycles. The lowest BCUT2D eigenvalue weighted by Crippen LogP contribution is -2.38. The van der Waals surface area contributed by atoms with E-state index in [2.05, 4.69) is 17.2 Å². The molecule has 0 saturated heterocycles. The van der Waals surface area contributed by atoms with Crippen LogP contribution in [-0.4, -0.2) is 28.0 Å². The highest BCUT2D eigenvalue weighted by Crippen LogP contribution is 2.47. The molecule has 3 rings (SSSR count). The fourth-order valence-electron chi connectivity index (χ4n) is 3.08. The van der Waals surface area contributed by atoms with Crippen LogP contribution >= 0.6 is 0 Å². The Labute approximate surface area is 113 Å². The minimum Gasteiger partial charge on any atom is -0.396 e. The molecule has 0 aliphatic heterocycles. The highest BCUT2D eigenvalue weighted by atomic mass is 16.3. The summed E-state index contributed by atoms with van der Waals surface area (Å²) in [6.45, 7) is 0.679. The molecule has 1 heterocycles. The Bertz CT molecular complexity index is 582. The number of hydrogen-bond acceptors (Lipinski definition) is 3. The van der Waals surface area contributed by atoms with Gasteiger partial charge in [-0.1, -0.05) is 18.2 Å². The third kappa shape index (κ3) is 2.05. The van der Waals surface area contributed by atoms with Crippen molar-refractivity contribution in [2.75, 3.05) is 13.2 Å². The Morgan fingerprint density at radius 3 is 2.79 bits per heavy atom. The predicted molar refractivity (Wildman–Crippen MR) is 75.7 cm³/mol.